The van der Waals surface area contributed by atoms with Gasteiger partial charge in [0.05, 0.1) is 12.2 Å². The number of likely N-dealkylation sites (tertiary alicyclic amines) is 1. The standard InChI is InChI=1S/C18H28N3O4PS/c1-12(2)24-26(23,25-13(3)4)19-18(27)20-9-14-8-15(11-20)16-6-5-7-17(22)21(16)10-14/h5-7,12-15H,8-11H2,1-4H3,(H,19,23,27). The van der Waals surface area contributed by atoms with Gasteiger partial charge in [-0.15, -0.1) is 0 Å². The van der Waals surface area contributed by atoms with E-state index < -0.39 is 7.75 Å². The average molecular weight is 413 g/mol. The van der Waals surface area contributed by atoms with Gasteiger partial charge in [-0.25, -0.2) is 4.57 Å². The Labute approximate surface area is 165 Å². The van der Waals surface area contributed by atoms with Gasteiger partial charge in [0.25, 0.3) is 5.56 Å². The second-order valence-corrected chi connectivity index (χ2v) is 9.85. The van der Waals surface area contributed by atoms with Crippen molar-refractivity contribution in [3.05, 3.63) is 34.2 Å². The van der Waals surface area contributed by atoms with Crippen LogP contribution in [0.3, 0.4) is 0 Å². The quantitative estimate of drug-likeness (QED) is 0.587. The minimum atomic E-state index is -3.55. The monoisotopic (exact) mass is 413 g/mol. The molecule has 9 heteroatoms. The summed E-state index contributed by atoms with van der Waals surface area (Å²) < 4.78 is 26.0. The first-order valence-corrected chi connectivity index (χ1v) is 11.4. The number of aromatic nitrogens is 1. The Morgan fingerprint density at radius 1 is 1.19 bits per heavy atom. The van der Waals surface area contributed by atoms with Crippen LogP contribution in [0.4, 0.5) is 0 Å². The van der Waals surface area contributed by atoms with E-state index in [1.54, 1.807) is 33.8 Å². The molecule has 1 N–H and O–H groups in total. The molecule has 1 saturated heterocycles. The number of hydrogen-bond donors (Lipinski definition) is 1. The van der Waals surface area contributed by atoms with E-state index in [9.17, 15) is 9.36 Å². The molecule has 0 spiro atoms. The molecule has 0 amide bonds. The number of fused-ring (bicyclic) bond motifs is 4. The third kappa shape index (κ3) is 4.80. The van der Waals surface area contributed by atoms with Crippen molar-refractivity contribution in [1.82, 2.24) is 14.6 Å². The lowest BCUT2D eigenvalue weighted by molar-refractivity contribution is 0.136. The summed E-state index contributed by atoms with van der Waals surface area (Å²) in [5, 5.41) is 3.23. The molecule has 2 atom stereocenters. The second-order valence-electron chi connectivity index (χ2n) is 7.83. The fourth-order valence-corrected chi connectivity index (χ4v) is 6.01. The van der Waals surface area contributed by atoms with E-state index >= 15 is 0 Å². The number of hydrogen-bond acceptors (Lipinski definition) is 5. The lowest BCUT2D eigenvalue weighted by Gasteiger charge is -2.44. The van der Waals surface area contributed by atoms with Gasteiger partial charge >= 0.3 is 7.75 Å². The van der Waals surface area contributed by atoms with Gasteiger partial charge in [0, 0.05) is 37.3 Å². The van der Waals surface area contributed by atoms with Crippen LogP contribution in [-0.4, -0.2) is 39.9 Å². The highest BCUT2D eigenvalue weighted by Crippen LogP contribution is 2.47. The van der Waals surface area contributed by atoms with Crippen molar-refractivity contribution >= 4 is 25.1 Å². The van der Waals surface area contributed by atoms with Crippen molar-refractivity contribution in [3.8, 4) is 0 Å². The number of rotatable bonds is 5. The molecule has 0 saturated carbocycles. The smallest absolute Gasteiger partial charge is 0.348 e. The number of piperidine rings is 1. The topological polar surface area (TPSA) is 72.8 Å². The lowest BCUT2D eigenvalue weighted by atomic mass is 9.83. The SMILES string of the molecule is CC(C)OP(=O)(NC(=S)N1CC2CC(C1)c1cccc(=O)n1C2)OC(C)C. The van der Waals surface area contributed by atoms with Gasteiger partial charge in [0.2, 0.25) is 0 Å². The van der Waals surface area contributed by atoms with E-state index in [0.717, 1.165) is 12.1 Å². The van der Waals surface area contributed by atoms with Crippen LogP contribution in [0.1, 0.15) is 45.7 Å². The Morgan fingerprint density at radius 3 is 2.48 bits per heavy atom. The summed E-state index contributed by atoms with van der Waals surface area (Å²) in [7, 11) is -3.55. The van der Waals surface area contributed by atoms with Crippen LogP contribution in [0.5, 0.6) is 0 Å². The lowest BCUT2D eigenvalue weighted by Crippen LogP contribution is -2.51. The second kappa shape index (κ2) is 8.03. The Morgan fingerprint density at radius 2 is 1.85 bits per heavy atom. The zero-order valence-electron chi connectivity index (χ0n) is 16.3. The first-order chi connectivity index (χ1) is 12.7. The molecule has 1 fully saturated rings. The minimum Gasteiger partial charge on any atom is -0.348 e. The number of nitrogens with one attached hydrogen (secondary N) is 1. The molecule has 7 nitrogen and oxygen atoms in total. The van der Waals surface area contributed by atoms with Gasteiger partial charge in [0.15, 0.2) is 5.11 Å². The molecule has 3 heterocycles. The molecule has 1 aromatic rings. The fourth-order valence-electron chi connectivity index (χ4n) is 3.88. The minimum absolute atomic E-state index is 0.0523. The summed E-state index contributed by atoms with van der Waals surface area (Å²) in [6.07, 6.45) is 0.513. The Bertz CT molecular complexity index is 796. The van der Waals surface area contributed by atoms with Crippen molar-refractivity contribution < 1.29 is 13.6 Å². The van der Waals surface area contributed by atoms with Gasteiger partial charge in [-0.3, -0.25) is 18.9 Å². The molecule has 3 rings (SSSR count). The third-order valence-corrected chi connectivity index (χ3v) is 7.09. The molecule has 2 aliphatic heterocycles. The van der Waals surface area contributed by atoms with Crippen molar-refractivity contribution in [3.63, 3.8) is 0 Å². The molecule has 0 aromatic carbocycles. The summed E-state index contributed by atoms with van der Waals surface area (Å²) in [5.74, 6) is 0.551. The van der Waals surface area contributed by atoms with E-state index in [4.69, 9.17) is 21.3 Å². The van der Waals surface area contributed by atoms with Crippen molar-refractivity contribution in [2.45, 2.75) is 58.8 Å². The number of thiocarbonyl (C=S) groups is 1. The molecular weight excluding hydrogens is 385 g/mol. The van der Waals surface area contributed by atoms with Crippen LogP contribution in [0.25, 0.3) is 0 Å². The maximum atomic E-state index is 13.1. The molecule has 1 aromatic heterocycles. The van der Waals surface area contributed by atoms with Crippen LogP contribution in [-0.2, 0) is 20.2 Å². The van der Waals surface area contributed by atoms with Crippen LogP contribution < -0.4 is 10.6 Å². The highest BCUT2D eigenvalue weighted by molar-refractivity contribution is 7.81. The molecule has 27 heavy (non-hydrogen) atoms. The first-order valence-electron chi connectivity index (χ1n) is 9.40. The first kappa shape index (κ1) is 20.5. The Balaban J connectivity index is 1.75. The van der Waals surface area contributed by atoms with Crippen LogP contribution >= 0.6 is 20.0 Å². The summed E-state index contributed by atoms with van der Waals surface area (Å²) in [6, 6.07) is 5.43. The summed E-state index contributed by atoms with van der Waals surface area (Å²) >= 11 is 5.54. The van der Waals surface area contributed by atoms with E-state index in [-0.39, 0.29) is 23.7 Å². The molecule has 0 aliphatic carbocycles. The van der Waals surface area contributed by atoms with E-state index in [1.165, 1.54) is 0 Å². The van der Waals surface area contributed by atoms with Gasteiger partial charge < -0.3 is 9.47 Å². The molecule has 0 radical (unpaired) electrons. The largest absolute Gasteiger partial charge is 0.434 e. The van der Waals surface area contributed by atoms with E-state index in [1.807, 2.05) is 21.6 Å². The Kier molecular flexibility index (Phi) is 6.11. The summed E-state index contributed by atoms with van der Waals surface area (Å²) in [6.45, 7) is 9.30. The van der Waals surface area contributed by atoms with Crippen LogP contribution in [0, 0.1) is 5.92 Å². The van der Waals surface area contributed by atoms with E-state index in [2.05, 4.69) is 5.09 Å². The normalized spacial score (nSPS) is 22.1. The predicted octanol–water partition coefficient (Wildman–Crippen LogP) is 3.10. The highest BCUT2D eigenvalue weighted by atomic mass is 32.1. The third-order valence-electron chi connectivity index (χ3n) is 4.70. The van der Waals surface area contributed by atoms with Gasteiger partial charge in [-0.05, 0) is 58.3 Å². The van der Waals surface area contributed by atoms with Gasteiger partial charge in [-0.1, -0.05) is 6.07 Å². The van der Waals surface area contributed by atoms with Gasteiger partial charge in [-0.2, -0.15) is 0 Å². The summed E-state index contributed by atoms with van der Waals surface area (Å²) in [4.78, 5) is 14.2. The molecular formula is C18H28N3O4PS. The predicted molar refractivity (Wildman–Crippen MR) is 109 cm³/mol. The van der Waals surface area contributed by atoms with Crippen molar-refractivity contribution in [1.29, 1.82) is 0 Å². The number of pyridine rings is 1. The van der Waals surface area contributed by atoms with Crippen LogP contribution in [0.15, 0.2) is 23.0 Å². The zero-order valence-corrected chi connectivity index (χ0v) is 18.0. The van der Waals surface area contributed by atoms with Gasteiger partial charge in [0.1, 0.15) is 0 Å². The summed E-state index contributed by atoms with van der Waals surface area (Å²) in [5.41, 5.74) is 1.10. The number of nitrogens with zero attached hydrogens (tertiary/aromatic N) is 2. The van der Waals surface area contributed by atoms with Crippen LogP contribution in [0.2, 0.25) is 0 Å². The van der Waals surface area contributed by atoms with Crippen molar-refractivity contribution in [2.24, 2.45) is 5.92 Å². The zero-order chi connectivity index (χ0) is 19.8. The maximum absolute atomic E-state index is 13.1. The molecule has 2 unspecified atom stereocenters. The fraction of sp³-hybridized carbons (Fsp3) is 0.667. The van der Waals surface area contributed by atoms with Crippen molar-refractivity contribution in [2.75, 3.05) is 13.1 Å². The maximum Gasteiger partial charge on any atom is 0.434 e. The highest BCUT2D eigenvalue weighted by Gasteiger charge is 2.37. The Hall–Kier alpha value is -1.21. The average Bonchev–Trinajstić information content (AvgIpc) is 2.53. The molecule has 150 valence electrons. The van der Waals surface area contributed by atoms with E-state index in [0.29, 0.717) is 30.7 Å². The molecule has 2 aliphatic rings. The molecule has 2 bridgehead atoms.